The van der Waals surface area contributed by atoms with Gasteiger partial charge in [-0.25, -0.2) is 9.18 Å². The first-order valence-corrected chi connectivity index (χ1v) is 7.80. The Labute approximate surface area is 139 Å². The number of nitrogens with zero attached hydrogens (tertiary/aromatic N) is 1. The van der Waals surface area contributed by atoms with Gasteiger partial charge in [0.15, 0.2) is 0 Å². The standard InChI is InChI=1S/C15H21ClFN3O3/c1-15(2,3)23-14(22)20-5-4-11(10(17)8-20)19-13(21)12-6-9(16)7-18-12/h6-7,10-11,18H,4-5,8H2,1-3H3,(H,19,21)/t10-,11+/m0/s1. The van der Waals surface area contributed by atoms with Crippen LogP contribution in [0.3, 0.4) is 0 Å². The number of rotatable bonds is 2. The van der Waals surface area contributed by atoms with Crippen molar-refractivity contribution in [3.05, 3.63) is 23.0 Å². The molecule has 0 spiro atoms. The second-order valence-corrected chi connectivity index (χ2v) is 6.98. The van der Waals surface area contributed by atoms with E-state index in [-0.39, 0.29) is 12.2 Å². The van der Waals surface area contributed by atoms with Gasteiger partial charge in [-0.05, 0) is 33.3 Å². The number of likely N-dealkylation sites (tertiary alicyclic amines) is 1. The number of halogens is 2. The van der Waals surface area contributed by atoms with E-state index in [4.69, 9.17) is 16.3 Å². The summed E-state index contributed by atoms with van der Waals surface area (Å²) in [5.41, 5.74) is -0.349. The van der Waals surface area contributed by atoms with Crippen LogP contribution in [0.25, 0.3) is 0 Å². The van der Waals surface area contributed by atoms with Gasteiger partial charge in [0.2, 0.25) is 0 Å². The van der Waals surface area contributed by atoms with Gasteiger partial charge >= 0.3 is 6.09 Å². The van der Waals surface area contributed by atoms with Gasteiger partial charge in [-0.1, -0.05) is 11.6 Å². The molecule has 2 heterocycles. The van der Waals surface area contributed by atoms with Gasteiger partial charge in [0, 0.05) is 12.7 Å². The Morgan fingerprint density at radius 2 is 2.17 bits per heavy atom. The summed E-state index contributed by atoms with van der Waals surface area (Å²) in [5, 5.41) is 3.03. The number of aromatic amines is 1. The number of carbonyl (C=O) groups excluding carboxylic acids is 2. The van der Waals surface area contributed by atoms with Crippen molar-refractivity contribution in [2.45, 2.75) is 45.0 Å². The number of nitrogens with one attached hydrogen (secondary N) is 2. The normalized spacial score (nSPS) is 21.9. The van der Waals surface area contributed by atoms with Crippen LogP contribution < -0.4 is 5.32 Å². The van der Waals surface area contributed by atoms with Gasteiger partial charge in [-0.2, -0.15) is 0 Å². The summed E-state index contributed by atoms with van der Waals surface area (Å²) in [6, 6.07) is 0.822. The van der Waals surface area contributed by atoms with Gasteiger partial charge in [-0.15, -0.1) is 0 Å². The van der Waals surface area contributed by atoms with Gasteiger partial charge in [0.1, 0.15) is 17.5 Å². The molecule has 2 N–H and O–H groups in total. The Kier molecular flexibility index (Phi) is 5.19. The smallest absolute Gasteiger partial charge is 0.410 e. The van der Waals surface area contributed by atoms with Crippen LogP contribution >= 0.6 is 11.6 Å². The molecule has 1 aromatic heterocycles. The molecular weight excluding hydrogens is 325 g/mol. The minimum absolute atomic E-state index is 0.106. The van der Waals surface area contributed by atoms with Crippen LogP contribution in [0.2, 0.25) is 5.02 Å². The molecule has 0 saturated carbocycles. The average molecular weight is 346 g/mol. The van der Waals surface area contributed by atoms with Gasteiger partial charge in [-0.3, -0.25) is 4.79 Å². The Morgan fingerprint density at radius 3 is 2.70 bits per heavy atom. The first-order chi connectivity index (χ1) is 10.7. The minimum Gasteiger partial charge on any atom is -0.444 e. The SMILES string of the molecule is CC(C)(C)OC(=O)N1CC[C@@H](NC(=O)c2cc(Cl)c[nH]2)[C@@H](F)C1. The zero-order valence-electron chi connectivity index (χ0n) is 13.4. The Morgan fingerprint density at radius 1 is 1.48 bits per heavy atom. The number of amides is 2. The molecular formula is C15H21ClFN3O3. The number of aromatic nitrogens is 1. The first-order valence-electron chi connectivity index (χ1n) is 7.42. The number of carbonyl (C=O) groups is 2. The Hall–Kier alpha value is -1.76. The lowest BCUT2D eigenvalue weighted by Crippen LogP contribution is -2.54. The molecule has 23 heavy (non-hydrogen) atoms. The zero-order valence-corrected chi connectivity index (χ0v) is 14.1. The molecule has 1 aliphatic rings. The van der Waals surface area contributed by atoms with E-state index in [1.165, 1.54) is 17.2 Å². The lowest BCUT2D eigenvalue weighted by atomic mass is 10.0. The summed E-state index contributed by atoms with van der Waals surface area (Å²) in [6.07, 6.45) is -0.0959. The highest BCUT2D eigenvalue weighted by Crippen LogP contribution is 2.18. The highest BCUT2D eigenvalue weighted by atomic mass is 35.5. The van der Waals surface area contributed by atoms with Crippen LogP contribution in [0.5, 0.6) is 0 Å². The average Bonchev–Trinajstić information content (AvgIpc) is 2.85. The monoisotopic (exact) mass is 345 g/mol. The Bertz CT molecular complexity index is 585. The van der Waals surface area contributed by atoms with E-state index < -0.39 is 29.8 Å². The highest BCUT2D eigenvalue weighted by Gasteiger charge is 2.34. The van der Waals surface area contributed by atoms with Crippen LogP contribution in [0.15, 0.2) is 12.3 Å². The maximum absolute atomic E-state index is 14.3. The summed E-state index contributed by atoms with van der Waals surface area (Å²) in [5.74, 6) is -0.421. The van der Waals surface area contributed by atoms with E-state index in [0.717, 1.165) is 0 Å². The topological polar surface area (TPSA) is 74.4 Å². The molecule has 8 heteroatoms. The maximum atomic E-state index is 14.3. The lowest BCUT2D eigenvalue weighted by Gasteiger charge is -2.35. The second kappa shape index (κ2) is 6.78. The quantitative estimate of drug-likeness (QED) is 0.865. The zero-order chi connectivity index (χ0) is 17.2. The summed E-state index contributed by atoms with van der Waals surface area (Å²) in [6.45, 7) is 5.49. The number of H-pyrrole nitrogens is 1. The van der Waals surface area contributed by atoms with E-state index in [1.54, 1.807) is 20.8 Å². The molecule has 1 aromatic rings. The number of alkyl halides is 1. The number of piperidine rings is 1. The van der Waals surface area contributed by atoms with E-state index in [9.17, 15) is 14.0 Å². The Balaban J connectivity index is 1.89. The molecule has 2 amide bonds. The van der Waals surface area contributed by atoms with Crippen molar-refractivity contribution in [2.24, 2.45) is 0 Å². The number of hydrogen-bond acceptors (Lipinski definition) is 3. The van der Waals surface area contributed by atoms with Gasteiger partial charge < -0.3 is 19.9 Å². The third kappa shape index (κ3) is 4.86. The van der Waals surface area contributed by atoms with Crippen LogP contribution in [0, 0.1) is 0 Å². The second-order valence-electron chi connectivity index (χ2n) is 6.54. The van der Waals surface area contributed by atoms with Crippen LogP contribution in [-0.2, 0) is 4.74 Å². The molecule has 6 nitrogen and oxygen atoms in total. The van der Waals surface area contributed by atoms with Crippen molar-refractivity contribution in [2.75, 3.05) is 13.1 Å². The first kappa shape index (κ1) is 17.6. The van der Waals surface area contributed by atoms with Crippen molar-refractivity contribution in [1.82, 2.24) is 15.2 Å². The number of ether oxygens (including phenoxy) is 1. The fourth-order valence-corrected chi connectivity index (χ4v) is 2.47. The molecule has 1 aliphatic heterocycles. The van der Waals surface area contributed by atoms with E-state index in [1.807, 2.05) is 0 Å². The molecule has 0 aliphatic carbocycles. The third-order valence-corrected chi connectivity index (χ3v) is 3.62. The van der Waals surface area contributed by atoms with Crippen molar-refractivity contribution >= 4 is 23.6 Å². The molecule has 0 aromatic carbocycles. The summed E-state index contributed by atoms with van der Waals surface area (Å²) >= 11 is 5.74. The van der Waals surface area contributed by atoms with Crippen LogP contribution in [0.4, 0.5) is 9.18 Å². The predicted octanol–water partition coefficient (Wildman–Crippen LogP) is 2.75. The largest absolute Gasteiger partial charge is 0.444 e. The van der Waals surface area contributed by atoms with Crippen molar-refractivity contribution in [3.63, 3.8) is 0 Å². The van der Waals surface area contributed by atoms with Crippen molar-refractivity contribution in [3.8, 4) is 0 Å². The summed E-state index contributed by atoms with van der Waals surface area (Å²) in [7, 11) is 0. The molecule has 1 saturated heterocycles. The summed E-state index contributed by atoms with van der Waals surface area (Å²) in [4.78, 5) is 28.0. The van der Waals surface area contributed by atoms with E-state index in [0.29, 0.717) is 18.0 Å². The van der Waals surface area contributed by atoms with Crippen molar-refractivity contribution < 1.29 is 18.7 Å². The van der Waals surface area contributed by atoms with E-state index in [2.05, 4.69) is 10.3 Å². The summed E-state index contributed by atoms with van der Waals surface area (Å²) < 4.78 is 19.5. The minimum atomic E-state index is -1.36. The highest BCUT2D eigenvalue weighted by molar-refractivity contribution is 6.30. The van der Waals surface area contributed by atoms with Crippen LogP contribution in [-0.4, -0.2) is 52.8 Å². The lowest BCUT2D eigenvalue weighted by molar-refractivity contribution is 0.00971. The maximum Gasteiger partial charge on any atom is 0.410 e. The molecule has 128 valence electrons. The predicted molar refractivity (Wildman–Crippen MR) is 84.4 cm³/mol. The third-order valence-electron chi connectivity index (χ3n) is 3.40. The fraction of sp³-hybridized carbons (Fsp3) is 0.600. The number of hydrogen-bond donors (Lipinski definition) is 2. The van der Waals surface area contributed by atoms with Gasteiger partial charge in [0.25, 0.3) is 5.91 Å². The van der Waals surface area contributed by atoms with Gasteiger partial charge in [0.05, 0.1) is 17.6 Å². The molecule has 0 unspecified atom stereocenters. The van der Waals surface area contributed by atoms with Crippen molar-refractivity contribution in [1.29, 1.82) is 0 Å². The van der Waals surface area contributed by atoms with E-state index >= 15 is 0 Å². The fourth-order valence-electron chi connectivity index (χ4n) is 2.30. The molecule has 0 bridgehead atoms. The molecule has 2 rings (SSSR count). The molecule has 0 radical (unpaired) electrons. The van der Waals surface area contributed by atoms with Crippen LogP contribution in [0.1, 0.15) is 37.7 Å². The molecule has 2 atom stereocenters. The molecule has 1 fully saturated rings.